The van der Waals surface area contributed by atoms with E-state index >= 15 is 0 Å². The summed E-state index contributed by atoms with van der Waals surface area (Å²) in [7, 11) is 0. The number of nitrogens with two attached hydrogens (primary N) is 1. The van der Waals surface area contributed by atoms with Crippen LogP contribution in [0.2, 0.25) is 0 Å². The van der Waals surface area contributed by atoms with Crippen LogP contribution in [0.15, 0.2) is 30.9 Å². The van der Waals surface area contributed by atoms with Gasteiger partial charge in [0.1, 0.15) is 11.5 Å². The molecule has 8 nitrogen and oxygen atoms in total. The molecule has 1 aliphatic heterocycles. The monoisotopic (exact) mass is 419 g/mol. The van der Waals surface area contributed by atoms with E-state index in [0.717, 1.165) is 12.4 Å². The maximum absolute atomic E-state index is 13.1. The number of halogens is 3. The second-order valence-corrected chi connectivity index (χ2v) is 7.62. The maximum atomic E-state index is 13.1. The van der Waals surface area contributed by atoms with E-state index in [0.29, 0.717) is 24.5 Å². The molecule has 3 unspecified atom stereocenters. The van der Waals surface area contributed by atoms with Crippen molar-refractivity contribution in [3.63, 3.8) is 0 Å². The molecule has 0 aromatic carbocycles. The van der Waals surface area contributed by atoms with Crippen LogP contribution in [0.4, 0.5) is 19.0 Å². The molecule has 1 fully saturated rings. The average Bonchev–Trinajstić information content (AvgIpc) is 3.12. The number of hydrogen-bond donors (Lipinski definition) is 1. The van der Waals surface area contributed by atoms with Gasteiger partial charge in [0.15, 0.2) is 17.2 Å². The first kappa shape index (κ1) is 20.0. The molecule has 3 aromatic heterocycles. The van der Waals surface area contributed by atoms with E-state index in [4.69, 9.17) is 5.73 Å². The predicted molar refractivity (Wildman–Crippen MR) is 102 cm³/mol. The molecule has 0 spiro atoms. The van der Waals surface area contributed by atoms with E-state index < -0.39 is 11.9 Å². The number of alkyl halides is 3. The standard InChI is InChI=1S/C19H20F3N7O/c1-10-5-12(17(23)30)11(2)28(8-10)15-3-4-24-18(27-15)13-6-26-16-7-25-14(9-29(13)16)19(20,21)22/h3-4,6-7,9-12H,5,8H2,1-2H3,(H2,23,30). The molecule has 0 bridgehead atoms. The molecule has 30 heavy (non-hydrogen) atoms. The lowest BCUT2D eigenvalue weighted by atomic mass is 9.84. The van der Waals surface area contributed by atoms with E-state index in [2.05, 4.69) is 19.9 Å². The largest absolute Gasteiger partial charge is 0.434 e. The van der Waals surface area contributed by atoms with Gasteiger partial charge in [-0.1, -0.05) is 6.92 Å². The highest BCUT2D eigenvalue weighted by Crippen LogP contribution is 2.32. The third-order valence-corrected chi connectivity index (χ3v) is 5.45. The van der Waals surface area contributed by atoms with Crippen molar-refractivity contribution in [2.24, 2.45) is 17.6 Å². The van der Waals surface area contributed by atoms with E-state index in [1.807, 2.05) is 18.7 Å². The Balaban J connectivity index is 1.74. The minimum Gasteiger partial charge on any atom is -0.369 e. The topological polar surface area (TPSA) is 102 Å². The molecule has 3 atom stereocenters. The number of anilines is 1. The number of fused-ring (bicyclic) bond motifs is 1. The van der Waals surface area contributed by atoms with Crippen molar-refractivity contribution in [2.45, 2.75) is 32.5 Å². The maximum Gasteiger partial charge on any atom is 0.434 e. The number of carbonyl (C=O) groups is 1. The number of imidazole rings is 1. The van der Waals surface area contributed by atoms with Crippen molar-refractivity contribution >= 4 is 17.4 Å². The van der Waals surface area contributed by atoms with Gasteiger partial charge in [-0.3, -0.25) is 9.20 Å². The second-order valence-electron chi connectivity index (χ2n) is 7.62. The Morgan fingerprint density at radius 1 is 1.20 bits per heavy atom. The molecule has 0 radical (unpaired) electrons. The Kier molecular flexibility index (Phi) is 4.83. The van der Waals surface area contributed by atoms with Crippen LogP contribution >= 0.6 is 0 Å². The number of rotatable bonds is 3. The summed E-state index contributed by atoms with van der Waals surface area (Å²) >= 11 is 0. The van der Waals surface area contributed by atoms with Crippen LogP contribution < -0.4 is 10.6 Å². The van der Waals surface area contributed by atoms with Gasteiger partial charge in [0.05, 0.1) is 18.3 Å². The Labute approximate surface area is 170 Å². The summed E-state index contributed by atoms with van der Waals surface area (Å²) < 4.78 is 40.5. The third kappa shape index (κ3) is 3.55. The fourth-order valence-corrected chi connectivity index (χ4v) is 3.91. The first-order valence-corrected chi connectivity index (χ1v) is 9.45. The van der Waals surface area contributed by atoms with Gasteiger partial charge in [-0.25, -0.2) is 19.9 Å². The van der Waals surface area contributed by atoms with E-state index in [-0.39, 0.29) is 35.3 Å². The molecule has 0 aliphatic carbocycles. The lowest BCUT2D eigenvalue weighted by molar-refractivity contribution is -0.141. The highest BCUT2D eigenvalue weighted by molar-refractivity contribution is 5.78. The predicted octanol–water partition coefficient (Wildman–Crippen LogP) is 2.54. The van der Waals surface area contributed by atoms with Crippen molar-refractivity contribution in [3.8, 4) is 11.5 Å². The Morgan fingerprint density at radius 3 is 2.67 bits per heavy atom. The third-order valence-electron chi connectivity index (χ3n) is 5.45. The number of aromatic nitrogens is 5. The van der Waals surface area contributed by atoms with Crippen molar-refractivity contribution < 1.29 is 18.0 Å². The molecular formula is C19H20F3N7O. The van der Waals surface area contributed by atoms with Crippen LogP contribution in [0.25, 0.3) is 17.2 Å². The Morgan fingerprint density at radius 2 is 1.97 bits per heavy atom. The minimum atomic E-state index is -4.58. The fraction of sp³-hybridized carbons (Fsp3) is 0.421. The molecular weight excluding hydrogens is 399 g/mol. The van der Waals surface area contributed by atoms with Crippen LogP contribution in [0.1, 0.15) is 26.0 Å². The zero-order valence-corrected chi connectivity index (χ0v) is 16.3. The van der Waals surface area contributed by atoms with E-state index in [9.17, 15) is 18.0 Å². The summed E-state index contributed by atoms with van der Waals surface area (Å²) in [4.78, 5) is 30.1. The molecule has 4 heterocycles. The quantitative estimate of drug-likeness (QED) is 0.700. The zero-order valence-electron chi connectivity index (χ0n) is 16.3. The summed E-state index contributed by atoms with van der Waals surface area (Å²) in [5.74, 6) is 0.352. The van der Waals surface area contributed by atoms with Gasteiger partial charge >= 0.3 is 6.18 Å². The molecule has 2 N–H and O–H groups in total. The van der Waals surface area contributed by atoms with Gasteiger partial charge in [-0.2, -0.15) is 13.2 Å². The highest BCUT2D eigenvalue weighted by atomic mass is 19.4. The fourth-order valence-electron chi connectivity index (χ4n) is 3.91. The van der Waals surface area contributed by atoms with Crippen molar-refractivity contribution in [1.82, 2.24) is 24.3 Å². The van der Waals surface area contributed by atoms with Crippen molar-refractivity contribution in [3.05, 3.63) is 36.5 Å². The smallest absolute Gasteiger partial charge is 0.369 e. The van der Waals surface area contributed by atoms with Gasteiger partial charge in [-0.15, -0.1) is 0 Å². The lowest BCUT2D eigenvalue weighted by Crippen LogP contribution is -2.51. The Hall–Kier alpha value is -3.24. The molecule has 1 aliphatic rings. The van der Waals surface area contributed by atoms with Gasteiger partial charge < -0.3 is 10.6 Å². The van der Waals surface area contributed by atoms with Gasteiger partial charge in [0.25, 0.3) is 0 Å². The molecule has 158 valence electrons. The minimum absolute atomic E-state index is 0.162. The zero-order chi connectivity index (χ0) is 21.6. The van der Waals surface area contributed by atoms with Crippen LogP contribution in [0, 0.1) is 11.8 Å². The number of primary amides is 1. The van der Waals surface area contributed by atoms with Crippen LogP contribution in [0.5, 0.6) is 0 Å². The van der Waals surface area contributed by atoms with Gasteiger partial charge in [0, 0.05) is 25.0 Å². The van der Waals surface area contributed by atoms with E-state index in [1.54, 1.807) is 6.07 Å². The second kappa shape index (κ2) is 7.22. The number of hydrogen-bond acceptors (Lipinski definition) is 6. The molecule has 1 saturated heterocycles. The number of carbonyl (C=O) groups excluding carboxylic acids is 1. The first-order valence-electron chi connectivity index (χ1n) is 9.45. The normalized spacial score (nSPS) is 22.4. The van der Waals surface area contributed by atoms with Crippen LogP contribution in [0.3, 0.4) is 0 Å². The summed E-state index contributed by atoms with van der Waals surface area (Å²) in [6.45, 7) is 4.63. The highest BCUT2D eigenvalue weighted by Gasteiger charge is 2.36. The Bertz CT molecular complexity index is 1100. The molecule has 11 heteroatoms. The van der Waals surface area contributed by atoms with Crippen molar-refractivity contribution in [1.29, 1.82) is 0 Å². The van der Waals surface area contributed by atoms with Gasteiger partial charge in [0.2, 0.25) is 5.91 Å². The average molecular weight is 419 g/mol. The molecule has 4 rings (SSSR count). The van der Waals surface area contributed by atoms with Gasteiger partial charge in [-0.05, 0) is 25.3 Å². The molecule has 3 aromatic rings. The molecule has 0 saturated carbocycles. The first-order chi connectivity index (χ1) is 14.1. The van der Waals surface area contributed by atoms with Crippen LogP contribution in [-0.4, -0.2) is 42.8 Å². The number of nitrogens with zero attached hydrogens (tertiary/aromatic N) is 6. The van der Waals surface area contributed by atoms with Crippen molar-refractivity contribution in [2.75, 3.05) is 11.4 Å². The number of piperidine rings is 1. The summed E-state index contributed by atoms with van der Waals surface area (Å²) in [5.41, 5.74) is 5.10. The van der Waals surface area contributed by atoms with E-state index in [1.165, 1.54) is 16.8 Å². The SMILES string of the molecule is CC1CC(C(N)=O)C(C)N(c2ccnc(-c3cnc4cnc(C(F)(F)F)cn34)n2)C1. The summed E-state index contributed by atoms with van der Waals surface area (Å²) in [6, 6.07) is 1.55. The summed E-state index contributed by atoms with van der Waals surface area (Å²) in [5, 5.41) is 0. The molecule has 1 amide bonds. The summed E-state index contributed by atoms with van der Waals surface area (Å²) in [6.07, 6.45) is 0.996. The number of amides is 1. The lowest BCUT2D eigenvalue weighted by Gasteiger charge is -2.41. The van der Waals surface area contributed by atoms with Crippen LogP contribution in [-0.2, 0) is 11.0 Å².